The molecule has 0 radical (unpaired) electrons. The Labute approximate surface area is 128 Å². The molecule has 1 aromatic heterocycles. The molecule has 20 heavy (non-hydrogen) atoms. The third-order valence-electron chi connectivity index (χ3n) is 3.52. The van der Waals surface area contributed by atoms with Crippen LogP contribution in [0.3, 0.4) is 0 Å². The van der Waals surface area contributed by atoms with Gasteiger partial charge in [-0.1, -0.05) is 34.1 Å². The van der Waals surface area contributed by atoms with Gasteiger partial charge in [0.05, 0.1) is 6.10 Å². The third kappa shape index (κ3) is 3.88. The zero-order valence-electron chi connectivity index (χ0n) is 11.7. The number of halogens is 1. The van der Waals surface area contributed by atoms with Crippen LogP contribution in [0.2, 0.25) is 0 Å². The molecule has 0 fully saturated rings. The lowest BCUT2D eigenvalue weighted by molar-refractivity contribution is 0.108. The number of rotatable bonds is 5. The molecule has 0 saturated heterocycles. The third-order valence-corrected chi connectivity index (χ3v) is 4.02. The number of pyridine rings is 1. The molecule has 1 N–H and O–H groups in total. The first kappa shape index (κ1) is 15.2. The van der Waals surface area contributed by atoms with Gasteiger partial charge < -0.3 is 5.11 Å². The van der Waals surface area contributed by atoms with Crippen LogP contribution in [0.15, 0.2) is 53.3 Å². The summed E-state index contributed by atoms with van der Waals surface area (Å²) in [4.78, 5) is 6.27. The predicted molar refractivity (Wildman–Crippen MR) is 84.4 cm³/mol. The maximum absolute atomic E-state index is 10.3. The van der Waals surface area contributed by atoms with Crippen molar-refractivity contribution in [3.8, 4) is 0 Å². The van der Waals surface area contributed by atoms with Crippen LogP contribution < -0.4 is 0 Å². The Balaban J connectivity index is 2.02. The molecule has 0 aliphatic heterocycles. The average molecular weight is 335 g/mol. The molecule has 1 aromatic carbocycles. The summed E-state index contributed by atoms with van der Waals surface area (Å²) in [5.41, 5.74) is 2.07. The van der Waals surface area contributed by atoms with E-state index in [4.69, 9.17) is 0 Å². The van der Waals surface area contributed by atoms with E-state index in [-0.39, 0.29) is 6.04 Å². The molecule has 1 heterocycles. The van der Waals surface area contributed by atoms with E-state index in [0.717, 1.165) is 15.6 Å². The number of likely N-dealkylation sites (N-methyl/N-ethyl adjacent to an activating group) is 1. The van der Waals surface area contributed by atoms with Crippen molar-refractivity contribution in [3.63, 3.8) is 0 Å². The Morgan fingerprint density at radius 2 is 2.00 bits per heavy atom. The van der Waals surface area contributed by atoms with Gasteiger partial charge in [0, 0.05) is 29.5 Å². The van der Waals surface area contributed by atoms with Crippen LogP contribution >= 0.6 is 15.9 Å². The van der Waals surface area contributed by atoms with Crippen LogP contribution in [-0.4, -0.2) is 28.6 Å². The Bertz CT molecular complexity index is 547. The number of aromatic nitrogens is 1. The number of aliphatic hydroxyl groups excluding tert-OH is 1. The number of hydrogen-bond acceptors (Lipinski definition) is 3. The second kappa shape index (κ2) is 6.97. The van der Waals surface area contributed by atoms with Gasteiger partial charge in [-0.25, -0.2) is 0 Å². The first-order valence-electron chi connectivity index (χ1n) is 6.61. The summed E-state index contributed by atoms with van der Waals surface area (Å²) in [7, 11) is 2.01. The zero-order valence-corrected chi connectivity index (χ0v) is 13.3. The fourth-order valence-corrected chi connectivity index (χ4v) is 2.54. The van der Waals surface area contributed by atoms with E-state index in [1.807, 2.05) is 43.6 Å². The van der Waals surface area contributed by atoms with Crippen molar-refractivity contribution in [2.45, 2.75) is 19.1 Å². The molecule has 0 aliphatic rings. The van der Waals surface area contributed by atoms with E-state index in [0.29, 0.717) is 6.54 Å². The van der Waals surface area contributed by atoms with E-state index < -0.39 is 6.10 Å². The van der Waals surface area contributed by atoms with Gasteiger partial charge in [0.15, 0.2) is 0 Å². The molecule has 106 valence electrons. The van der Waals surface area contributed by atoms with Gasteiger partial charge in [-0.3, -0.25) is 9.88 Å². The van der Waals surface area contributed by atoms with Gasteiger partial charge in [0.2, 0.25) is 0 Å². The molecule has 3 nitrogen and oxygen atoms in total. The van der Waals surface area contributed by atoms with E-state index in [1.54, 1.807) is 6.20 Å². The molecule has 0 aliphatic carbocycles. The summed E-state index contributed by atoms with van der Waals surface area (Å²) in [6.07, 6.45) is 3.13. The van der Waals surface area contributed by atoms with Gasteiger partial charge in [-0.05, 0) is 43.3 Å². The van der Waals surface area contributed by atoms with Crippen LogP contribution in [0.5, 0.6) is 0 Å². The summed E-state index contributed by atoms with van der Waals surface area (Å²) in [6.45, 7) is 2.69. The standard InChI is InChI=1S/C16H19BrN2O/c1-12(14-6-4-8-18-10-14)19(2)11-16(20)13-5-3-7-15(17)9-13/h3-10,12,16,20H,11H2,1-2H3. The highest BCUT2D eigenvalue weighted by atomic mass is 79.9. The van der Waals surface area contributed by atoms with Gasteiger partial charge in [0.1, 0.15) is 0 Å². The fourth-order valence-electron chi connectivity index (χ4n) is 2.13. The molecule has 0 saturated carbocycles. The van der Waals surface area contributed by atoms with Crippen LogP contribution in [0.25, 0.3) is 0 Å². The highest BCUT2D eigenvalue weighted by Crippen LogP contribution is 2.23. The summed E-state index contributed by atoms with van der Waals surface area (Å²) < 4.78 is 0.983. The van der Waals surface area contributed by atoms with Crippen LogP contribution in [0, 0.1) is 0 Å². The topological polar surface area (TPSA) is 36.4 Å². The first-order valence-corrected chi connectivity index (χ1v) is 7.41. The monoisotopic (exact) mass is 334 g/mol. The average Bonchev–Trinajstić information content (AvgIpc) is 2.47. The van der Waals surface area contributed by atoms with Crippen LogP contribution in [-0.2, 0) is 0 Å². The summed E-state index contributed by atoms with van der Waals surface area (Å²) in [5, 5.41) is 10.3. The number of benzene rings is 1. The molecule has 0 bridgehead atoms. The SMILES string of the molecule is CC(c1cccnc1)N(C)CC(O)c1cccc(Br)c1. The van der Waals surface area contributed by atoms with Crippen LogP contribution in [0.1, 0.15) is 30.2 Å². The Kier molecular flexibility index (Phi) is 5.29. The minimum absolute atomic E-state index is 0.213. The maximum atomic E-state index is 10.3. The van der Waals surface area contributed by atoms with Crippen molar-refractivity contribution >= 4 is 15.9 Å². The Morgan fingerprint density at radius 1 is 1.25 bits per heavy atom. The number of aliphatic hydroxyl groups is 1. The Morgan fingerprint density at radius 3 is 2.65 bits per heavy atom. The van der Waals surface area contributed by atoms with Crippen molar-refractivity contribution in [2.75, 3.05) is 13.6 Å². The van der Waals surface area contributed by atoms with Crippen molar-refractivity contribution < 1.29 is 5.11 Å². The molecule has 2 atom stereocenters. The minimum atomic E-state index is -0.503. The molecular formula is C16H19BrN2O. The van der Waals surface area contributed by atoms with Gasteiger partial charge >= 0.3 is 0 Å². The van der Waals surface area contributed by atoms with E-state index in [9.17, 15) is 5.11 Å². The minimum Gasteiger partial charge on any atom is -0.387 e. The number of nitrogens with zero attached hydrogens (tertiary/aromatic N) is 2. The smallest absolute Gasteiger partial charge is 0.0917 e. The quantitative estimate of drug-likeness (QED) is 0.907. The summed E-state index contributed by atoms with van der Waals surface area (Å²) in [6, 6.07) is 12.0. The van der Waals surface area contributed by atoms with Gasteiger partial charge in [-0.2, -0.15) is 0 Å². The van der Waals surface area contributed by atoms with Crippen molar-refractivity contribution in [3.05, 3.63) is 64.4 Å². The van der Waals surface area contributed by atoms with Gasteiger partial charge in [-0.15, -0.1) is 0 Å². The Hall–Kier alpha value is -1.23. The second-order valence-electron chi connectivity index (χ2n) is 4.97. The highest BCUT2D eigenvalue weighted by Gasteiger charge is 2.16. The zero-order chi connectivity index (χ0) is 14.5. The molecule has 4 heteroatoms. The molecular weight excluding hydrogens is 316 g/mol. The molecule has 0 spiro atoms. The van der Waals surface area contributed by atoms with Crippen LogP contribution in [0.4, 0.5) is 0 Å². The molecule has 2 unspecified atom stereocenters. The molecule has 2 aromatic rings. The van der Waals surface area contributed by atoms with E-state index in [1.165, 1.54) is 0 Å². The van der Waals surface area contributed by atoms with Gasteiger partial charge in [0.25, 0.3) is 0 Å². The summed E-state index contributed by atoms with van der Waals surface area (Å²) in [5.74, 6) is 0. The molecule has 0 amide bonds. The van der Waals surface area contributed by atoms with E-state index >= 15 is 0 Å². The van der Waals surface area contributed by atoms with Crippen molar-refractivity contribution in [1.82, 2.24) is 9.88 Å². The normalized spacial score (nSPS) is 14.2. The second-order valence-corrected chi connectivity index (χ2v) is 5.89. The number of hydrogen-bond donors (Lipinski definition) is 1. The maximum Gasteiger partial charge on any atom is 0.0917 e. The highest BCUT2D eigenvalue weighted by molar-refractivity contribution is 9.10. The fraction of sp³-hybridized carbons (Fsp3) is 0.312. The van der Waals surface area contributed by atoms with Crippen molar-refractivity contribution in [1.29, 1.82) is 0 Å². The largest absolute Gasteiger partial charge is 0.387 e. The lowest BCUT2D eigenvalue weighted by atomic mass is 10.1. The molecule has 2 rings (SSSR count). The van der Waals surface area contributed by atoms with Crippen molar-refractivity contribution in [2.24, 2.45) is 0 Å². The lowest BCUT2D eigenvalue weighted by Crippen LogP contribution is -2.27. The van der Waals surface area contributed by atoms with E-state index in [2.05, 4.69) is 38.8 Å². The lowest BCUT2D eigenvalue weighted by Gasteiger charge is -2.27. The first-order chi connectivity index (χ1) is 9.58. The summed E-state index contributed by atoms with van der Waals surface area (Å²) >= 11 is 3.43. The predicted octanol–water partition coefficient (Wildman–Crippen LogP) is 3.57.